The van der Waals surface area contributed by atoms with Crippen LogP contribution in [0.15, 0.2) is 42.5 Å². The number of likely N-dealkylation sites (tertiary alicyclic amines) is 1. The summed E-state index contributed by atoms with van der Waals surface area (Å²) in [5, 5.41) is 3.33. The van der Waals surface area contributed by atoms with E-state index in [1.807, 2.05) is 17.0 Å². The predicted molar refractivity (Wildman–Crippen MR) is 140 cm³/mol. The van der Waals surface area contributed by atoms with Crippen molar-refractivity contribution in [1.82, 2.24) is 10.2 Å². The Labute approximate surface area is 222 Å². The minimum atomic E-state index is -0.888. The number of carbonyl (C=O) groups excluding carboxylic acids is 2. The predicted octanol–water partition coefficient (Wildman–Crippen LogP) is 5.81. The summed E-state index contributed by atoms with van der Waals surface area (Å²) in [6, 6.07) is 11.2. The maximum atomic E-state index is 14.3. The van der Waals surface area contributed by atoms with Gasteiger partial charge >= 0.3 is 12.1 Å². The molecule has 0 spiro atoms. The number of ether oxygens (including phenoxy) is 2. The van der Waals surface area contributed by atoms with Gasteiger partial charge in [-0.15, -0.1) is 0 Å². The zero-order chi connectivity index (χ0) is 27.2. The number of amides is 1. The maximum Gasteiger partial charge on any atom is 0.407 e. The summed E-state index contributed by atoms with van der Waals surface area (Å²) >= 11 is 6.04. The third kappa shape index (κ3) is 8.97. The summed E-state index contributed by atoms with van der Waals surface area (Å²) in [5.41, 5.74) is 1.25. The fourth-order valence-electron chi connectivity index (χ4n) is 4.31. The highest BCUT2D eigenvalue weighted by molar-refractivity contribution is 6.30. The van der Waals surface area contributed by atoms with Crippen LogP contribution in [0.2, 0.25) is 5.02 Å². The number of benzene rings is 2. The molecule has 6 nitrogen and oxygen atoms in total. The van der Waals surface area contributed by atoms with Crippen molar-refractivity contribution in [3.05, 3.63) is 58.9 Å². The third-order valence-electron chi connectivity index (χ3n) is 5.98. The first-order chi connectivity index (χ1) is 17.4. The lowest BCUT2D eigenvalue weighted by Crippen LogP contribution is -2.52. The van der Waals surface area contributed by atoms with Gasteiger partial charge in [-0.3, -0.25) is 9.69 Å². The summed E-state index contributed by atoms with van der Waals surface area (Å²) in [6.07, 6.45) is -0.790. The van der Waals surface area contributed by atoms with E-state index in [1.54, 1.807) is 45.9 Å². The molecule has 37 heavy (non-hydrogen) atoms. The average molecular weight is 537 g/mol. The van der Waals surface area contributed by atoms with Gasteiger partial charge in [0.15, 0.2) is 0 Å². The second kappa shape index (κ2) is 12.7. The molecule has 9 heteroatoms. The first-order valence-corrected chi connectivity index (χ1v) is 12.9. The Kier molecular flexibility index (Phi) is 9.90. The molecule has 0 aliphatic carbocycles. The Morgan fingerprint density at radius 3 is 2.43 bits per heavy atom. The number of alkyl carbamates (subject to hydrolysis) is 1. The molecule has 0 bridgehead atoms. The van der Waals surface area contributed by atoms with Crippen molar-refractivity contribution in [2.24, 2.45) is 5.92 Å². The molecule has 0 aromatic heterocycles. The van der Waals surface area contributed by atoms with Crippen molar-refractivity contribution < 1.29 is 27.8 Å². The number of hydrogen-bond donors (Lipinski definition) is 1. The zero-order valence-corrected chi connectivity index (χ0v) is 22.5. The molecule has 1 aliphatic rings. The molecule has 1 amide bonds. The van der Waals surface area contributed by atoms with Crippen molar-refractivity contribution in [3.8, 4) is 11.1 Å². The molecule has 3 rings (SSSR count). The normalized spacial score (nSPS) is 16.0. The molecule has 1 N–H and O–H groups in total. The van der Waals surface area contributed by atoms with Crippen LogP contribution < -0.4 is 5.32 Å². The van der Waals surface area contributed by atoms with Crippen LogP contribution in [0.25, 0.3) is 11.1 Å². The number of halogens is 3. The van der Waals surface area contributed by atoms with Gasteiger partial charge in [0.2, 0.25) is 0 Å². The molecule has 2 aromatic rings. The second-order valence-corrected chi connectivity index (χ2v) is 10.8. The highest BCUT2D eigenvalue weighted by atomic mass is 35.5. The van der Waals surface area contributed by atoms with Gasteiger partial charge in [-0.1, -0.05) is 35.9 Å². The van der Waals surface area contributed by atoms with E-state index in [2.05, 4.69) is 5.32 Å². The highest BCUT2D eigenvalue weighted by Crippen LogP contribution is 2.27. The molecule has 2 aromatic carbocycles. The first kappa shape index (κ1) is 28.9. The van der Waals surface area contributed by atoms with Crippen molar-refractivity contribution in [2.45, 2.75) is 58.4 Å². The summed E-state index contributed by atoms with van der Waals surface area (Å²) < 4.78 is 38.4. The van der Waals surface area contributed by atoms with Crippen LogP contribution in [0.4, 0.5) is 13.6 Å². The van der Waals surface area contributed by atoms with Crippen molar-refractivity contribution >= 4 is 23.7 Å². The highest BCUT2D eigenvalue weighted by Gasteiger charge is 2.33. The summed E-state index contributed by atoms with van der Waals surface area (Å²) in [7, 11) is 0. The van der Waals surface area contributed by atoms with E-state index in [1.165, 1.54) is 12.1 Å². The molecule has 1 heterocycles. The van der Waals surface area contributed by atoms with E-state index in [9.17, 15) is 18.4 Å². The number of hydrogen-bond acceptors (Lipinski definition) is 5. The van der Waals surface area contributed by atoms with Gasteiger partial charge < -0.3 is 14.8 Å². The first-order valence-electron chi connectivity index (χ1n) is 12.5. The monoisotopic (exact) mass is 536 g/mol. The number of nitrogens with zero attached hydrogens (tertiary/aromatic N) is 1. The SMILES string of the molecule is CCOC(=O)[C@@H](C[C@@H](Cc1ccc(-c2cc(Cl)ccc2F)cc1)NC(=O)OC(C)(C)C)CN1CC(F)C1. The standard InChI is InChI=1S/C28H35ClF2N2O4/c1-5-36-26(34)20(15-33-16-22(30)17-33)13-23(32-27(35)37-28(2,3)4)12-18-6-8-19(9-7-18)24-14-21(29)10-11-25(24)31/h6-11,14,20,22-23H,5,12-13,15-17H2,1-4H3,(H,32,35)/t20-,23+/m0/s1. The van der Waals surface area contributed by atoms with E-state index in [0.29, 0.717) is 29.1 Å². The lowest BCUT2D eigenvalue weighted by atomic mass is 9.93. The lowest BCUT2D eigenvalue weighted by Gasteiger charge is -2.37. The fourth-order valence-corrected chi connectivity index (χ4v) is 4.48. The van der Waals surface area contributed by atoms with Gasteiger partial charge in [-0.2, -0.15) is 0 Å². The van der Waals surface area contributed by atoms with E-state index < -0.39 is 29.8 Å². The van der Waals surface area contributed by atoms with Crippen molar-refractivity contribution in [3.63, 3.8) is 0 Å². The van der Waals surface area contributed by atoms with E-state index >= 15 is 0 Å². The average Bonchev–Trinajstić information content (AvgIpc) is 2.78. The number of alkyl halides is 1. The van der Waals surface area contributed by atoms with Crippen LogP contribution in [0.3, 0.4) is 0 Å². The number of nitrogens with one attached hydrogen (secondary N) is 1. The van der Waals surface area contributed by atoms with Gasteiger partial charge in [0.25, 0.3) is 0 Å². The zero-order valence-electron chi connectivity index (χ0n) is 21.7. The Balaban J connectivity index is 1.78. The third-order valence-corrected chi connectivity index (χ3v) is 6.21. The minimum Gasteiger partial charge on any atom is -0.466 e. The van der Waals surface area contributed by atoms with E-state index in [0.717, 1.165) is 5.56 Å². The summed E-state index contributed by atoms with van der Waals surface area (Å²) in [4.78, 5) is 27.2. The van der Waals surface area contributed by atoms with E-state index in [-0.39, 0.29) is 37.9 Å². The smallest absolute Gasteiger partial charge is 0.407 e. The van der Waals surface area contributed by atoms with Crippen LogP contribution in [0.1, 0.15) is 39.7 Å². The van der Waals surface area contributed by atoms with E-state index in [4.69, 9.17) is 21.1 Å². The summed E-state index contributed by atoms with van der Waals surface area (Å²) in [6.45, 7) is 8.18. The molecule has 0 radical (unpaired) electrons. The van der Waals surface area contributed by atoms with Crippen LogP contribution >= 0.6 is 11.6 Å². The van der Waals surface area contributed by atoms with Crippen LogP contribution in [-0.2, 0) is 20.7 Å². The number of rotatable bonds is 10. The lowest BCUT2D eigenvalue weighted by molar-refractivity contribution is -0.150. The summed E-state index contributed by atoms with van der Waals surface area (Å²) in [5.74, 6) is -1.31. The minimum absolute atomic E-state index is 0.229. The molecule has 1 fully saturated rings. The Hall–Kier alpha value is -2.71. The largest absolute Gasteiger partial charge is 0.466 e. The van der Waals surface area contributed by atoms with Crippen LogP contribution in [0, 0.1) is 11.7 Å². The molecule has 202 valence electrons. The molecule has 0 unspecified atom stereocenters. The van der Waals surface area contributed by atoms with Gasteiger partial charge in [-0.05, 0) is 69.9 Å². The van der Waals surface area contributed by atoms with Gasteiger partial charge in [-0.25, -0.2) is 13.6 Å². The number of esters is 1. The van der Waals surface area contributed by atoms with Crippen molar-refractivity contribution in [1.29, 1.82) is 0 Å². The molecule has 1 aliphatic heterocycles. The Morgan fingerprint density at radius 1 is 1.16 bits per heavy atom. The topological polar surface area (TPSA) is 67.9 Å². The molecule has 2 atom stereocenters. The maximum absolute atomic E-state index is 14.3. The quantitative estimate of drug-likeness (QED) is 0.388. The Bertz CT molecular complexity index is 1070. The van der Waals surface area contributed by atoms with Gasteiger partial charge in [0.1, 0.15) is 17.6 Å². The molecule has 0 saturated carbocycles. The molecular weight excluding hydrogens is 502 g/mol. The van der Waals surface area contributed by atoms with Gasteiger partial charge in [0.05, 0.1) is 12.5 Å². The van der Waals surface area contributed by atoms with Crippen LogP contribution in [-0.4, -0.2) is 61.0 Å². The van der Waals surface area contributed by atoms with Gasteiger partial charge in [0, 0.05) is 36.3 Å². The van der Waals surface area contributed by atoms with Crippen LogP contribution in [0.5, 0.6) is 0 Å². The fraction of sp³-hybridized carbons (Fsp3) is 0.500. The van der Waals surface area contributed by atoms with Crippen molar-refractivity contribution in [2.75, 3.05) is 26.2 Å². The molecule has 1 saturated heterocycles. The Morgan fingerprint density at radius 2 is 1.84 bits per heavy atom. The molecular formula is C28H35ClF2N2O4. The second-order valence-electron chi connectivity index (χ2n) is 10.4. The number of carbonyl (C=O) groups is 2.